The minimum atomic E-state index is -0.916. The highest BCUT2D eigenvalue weighted by Crippen LogP contribution is 2.17. The summed E-state index contributed by atoms with van der Waals surface area (Å²) in [6, 6.07) is 7.03. The van der Waals surface area contributed by atoms with Crippen LogP contribution in [0.3, 0.4) is 0 Å². The maximum Gasteiger partial charge on any atom is 0.335 e. The van der Waals surface area contributed by atoms with Crippen molar-refractivity contribution in [3.63, 3.8) is 0 Å². The summed E-state index contributed by atoms with van der Waals surface area (Å²) in [7, 11) is 0. The molecule has 0 aliphatic heterocycles. The van der Waals surface area contributed by atoms with Crippen LogP contribution in [-0.2, 0) is 6.54 Å². The van der Waals surface area contributed by atoms with E-state index in [1.807, 2.05) is 9.95 Å². The third-order valence-electron chi connectivity index (χ3n) is 2.80. The minimum Gasteiger partial charge on any atom is -0.478 e. The van der Waals surface area contributed by atoms with Crippen LogP contribution in [0.15, 0.2) is 41.4 Å². The molecule has 0 atom stereocenters. The number of hydrogen-bond donors (Lipinski definition) is 1. The van der Waals surface area contributed by atoms with Gasteiger partial charge in [-0.3, -0.25) is 0 Å². The average Bonchev–Trinajstić information content (AvgIpc) is 2.99. The fourth-order valence-corrected chi connectivity index (χ4v) is 2.55. The number of benzene rings is 1. The molecule has 0 bridgehead atoms. The summed E-state index contributed by atoms with van der Waals surface area (Å²) in [5.74, 6) is -0.916. The number of thiophene rings is 1. The summed E-state index contributed by atoms with van der Waals surface area (Å²) in [6.45, 7) is 0.711. The number of carboxylic acids is 1. The lowest BCUT2D eigenvalue weighted by molar-refractivity contribution is 0.0697. The highest BCUT2D eigenvalue weighted by Gasteiger charge is 2.08. The predicted octanol–water partition coefficient (Wildman–Crippen LogP) is 2.84. The molecule has 18 heavy (non-hydrogen) atoms. The fraction of sp³-hybridized carbons (Fsp3) is 0.0769. The van der Waals surface area contributed by atoms with Crippen LogP contribution in [0, 0.1) is 0 Å². The Bertz CT molecular complexity index is 701. The van der Waals surface area contributed by atoms with Crippen LogP contribution in [-0.4, -0.2) is 20.6 Å². The first kappa shape index (κ1) is 11.0. The van der Waals surface area contributed by atoms with Crippen molar-refractivity contribution in [1.29, 1.82) is 0 Å². The van der Waals surface area contributed by atoms with Gasteiger partial charge in [-0.15, -0.1) is 0 Å². The first-order valence-electron chi connectivity index (χ1n) is 5.43. The molecule has 4 nitrogen and oxygen atoms in total. The molecule has 0 amide bonds. The number of hydrogen-bond acceptors (Lipinski definition) is 3. The molecule has 1 aromatic carbocycles. The lowest BCUT2D eigenvalue weighted by Gasteiger charge is -2.02. The molecule has 0 radical (unpaired) electrons. The van der Waals surface area contributed by atoms with Gasteiger partial charge in [-0.25, -0.2) is 9.78 Å². The van der Waals surface area contributed by atoms with Gasteiger partial charge in [-0.2, -0.15) is 11.3 Å². The third-order valence-corrected chi connectivity index (χ3v) is 3.53. The molecule has 2 heterocycles. The third kappa shape index (κ3) is 1.89. The van der Waals surface area contributed by atoms with E-state index in [-0.39, 0.29) is 5.56 Å². The highest BCUT2D eigenvalue weighted by molar-refractivity contribution is 7.07. The molecule has 0 fully saturated rings. The smallest absolute Gasteiger partial charge is 0.335 e. The van der Waals surface area contributed by atoms with E-state index in [0.29, 0.717) is 6.54 Å². The van der Waals surface area contributed by atoms with Crippen molar-refractivity contribution in [3.05, 3.63) is 52.5 Å². The van der Waals surface area contributed by atoms with Crippen LogP contribution in [0.5, 0.6) is 0 Å². The van der Waals surface area contributed by atoms with E-state index < -0.39 is 5.97 Å². The summed E-state index contributed by atoms with van der Waals surface area (Å²) >= 11 is 1.65. The van der Waals surface area contributed by atoms with Crippen molar-refractivity contribution >= 4 is 28.3 Å². The van der Waals surface area contributed by atoms with Crippen LogP contribution < -0.4 is 0 Å². The molecule has 3 rings (SSSR count). The normalized spacial score (nSPS) is 10.9. The zero-order chi connectivity index (χ0) is 12.5. The second kappa shape index (κ2) is 4.27. The summed E-state index contributed by atoms with van der Waals surface area (Å²) in [6.07, 6.45) is 1.74. The average molecular weight is 258 g/mol. The molecule has 0 spiro atoms. The molecule has 90 valence electrons. The molecule has 0 aliphatic rings. The van der Waals surface area contributed by atoms with Gasteiger partial charge >= 0.3 is 5.97 Å². The summed E-state index contributed by atoms with van der Waals surface area (Å²) < 4.78 is 1.96. The largest absolute Gasteiger partial charge is 0.478 e. The molecule has 0 aliphatic carbocycles. The quantitative estimate of drug-likeness (QED) is 0.786. The Morgan fingerprint density at radius 3 is 3.00 bits per heavy atom. The van der Waals surface area contributed by atoms with E-state index in [4.69, 9.17) is 5.11 Å². The second-order valence-electron chi connectivity index (χ2n) is 4.01. The van der Waals surface area contributed by atoms with Gasteiger partial charge in [-0.05, 0) is 40.6 Å². The fourth-order valence-electron chi connectivity index (χ4n) is 1.90. The Balaban J connectivity index is 2.06. The molecule has 0 saturated heterocycles. The number of carboxylic acid groups (broad SMARTS) is 1. The van der Waals surface area contributed by atoms with E-state index in [2.05, 4.69) is 16.4 Å². The standard InChI is InChI=1S/C13H10N2O2S/c16-13(17)10-1-2-11-12(5-10)15(8-14-11)6-9-3-4-18-7-9/h1-5,7-8H,6H2,(H,16,17). The highest BCUT2D eigenvalue weighted by atomic mass is 32.1. The molecule has 0 saturated carbocycles. The van der Waals surface area contributed by atoms with Crippen LogP contribution >= 0.6 is 11.3 Å². The lowest BCUT2D eigenvalue weighted by Crippen LogP contribution is -1.99. The van der Waals surface area contributed by atoms with E-state index in [9.17, 15) is 4.79 Å². The van der Waals surface area contributed by atoms with Gasteiger partial charge in [0.05, 0.1) is 22.9 Å². The van der Waals surface area contributed by atoms with Gasteiger partial charge in [0.1, 0.15) is 0 Å². The Morgan fingerprint density at radius 2 is 2.28 bits per heavy atom. The maximum atomic E-state index is 11.0. The maximum absolute atomic E-state index is 11.0. The van der Waals surface area contributed by atoms with Gasteiger partial charge in [0, 0.05) is 6.54 Å². The zero-order valence-corrected chi connectivity index (χ0v) is 10.2. The SMILES string of the molecule is O=C(O)c1ccc2ncn(Cc3ccsc3)c2c1. The van der Waals surface area contributed by atoms with E-state index in [1.165, 1.54) is 5.56 Å². The Kier molecular flexibility index (Phi) is 2.60. The van der Waals surface area contributed by atoms with Gasteiger partial charge in [0.15, 0.2) is 0 Å². The molecule has 0 unspecified atom stereocenters. The predicted molar refractivity (Wildman–Crippen MR) is 70.1 cm³/mol. The van der Waals surface area contributed by atoms with Crippen LogP contribution in [0.1, 0.15) is 15.9 Å². The first-order valence-corrected chi connectivity index (χ1v) is 6.37. The minimum absolute atomic E-state index is 0.287. The van der Waals surface area contributed by atoms with Crippen molar-refractivity contribution < 1.29 is 9.90 Å². The number of aromatic carboxylic acids is 1. The number of fused-ring (bicyclic) bond motifs is 1. The monoisotopic (exact) mass is 258 g/mol. The summed E-state index contributed by atoms with van der Waals surface area (Å²) in [5.41, 5.74) is 3.14. The number of aromatic nitrogens is 2. The Hall–Kier alpha value is -2.14. The van der Waals surface area contributed by atoms with Gasteiger partial charge in [0.2, 0.25) is 0 Å². The number of imidazole rings is 1. The summed E-state index contributed by atoms with van der Waals surface area (Å²) in [4.78, 5) is 15.2. The van der Waals surface area contributed by atoms with Crippen molar-refractivity contribution in [3.8, 4) is 0 Å². The molecule has 2 aromatic heterocycles. The Morgan fingerprint density at radius 1 is 1.39 bits per heavy atom. The molecule has 1 N–H and O–H groups in total. The van der Waals surface area contributed by atoms with Crippen molar-refractivity contribution in [2.45, 2.75) is 6.54 Å². The van der Waals surface area contributed by atoms with Gasteiger partial charge < -0.3 is 9.67 Å². The van der Waals surface area contributed by atoms with E-state index >= 15 is 0 Å². The number of nitrogens with zero attached hydrogens (tertiary/aromatic N) is 2. The lowest BCUT2D eigenvalue weighted by atomic mass is 10.2. The first-order chi connectivity index (χ1) is 8.74. The zero-order valence-electron chi connectivity index (χ0n) is 9.41. The number of rotatable bonds is 3. The second-order valence-corrected chi connectivity index (χ2v) is 4.79. The van der Waals surface area contributed by atoms with Gasteiger partial charge in [-0.1, -0.05) is 0 Å². The molecular formula is C13H10N2O2S. The molecule has 3 aromatic rings. The summed E-state index contributed by atoms with van der Waals surface area (Å²) in [5, 5.41) is 13.1. The molecule has 5 heteroatoms. The van der Waals surface area contributed by atoms with Gasteiger partial charge in [0.25, 0.3) is 0 Å². The van der Waals surface area contributed by atoms with E-state index in [1.54, 1.807) is 35.9 Å². The molecular weight excluding hydrogens is 248 g/mol. The van der Waals surface area contributed by atoms with Crippen molar-refractivity contribution in [1.82, 2.24) is 9.55 Å². The van der Waals surface area contributed by atoms with Crippen molar-refractivity contribution in [2.75, 3.05) is 0 Å². The van der Waals surface area contributed by atoms with Crippen LogP contribution in [0.4, 0.5) is 0 Å². The van der Waals surface area contributed by atoms with Crippen molar-refractivity contribution in [2.24, 2.45) is 0 Å². The van der Waals surface area contributed by atoms with Crippen LogP contribution in [0.25, 0.3) is 11.0 Å². The number of carbonyl (C=O) groups is 1. The Labute approximate surface area is 107 Å². The van der Waals surface area contributed by atoms with Crippen LogP contribution in [0.2, 0.25) is 0 Å². The van der Waals surface area contributed by atoms with E-state index in [0.717, 1.165) is 11.0 Å². The topological polar surface area (TPSA) is 55.1 Å².